The van der Waals surface area contributed by atoms with Gasteiger partial charge in [0, 0.05) is 19.6 Å². The number of hydrogen-bond acceptors (Lipinski definition) is 3. The van der Waals surface area contributed by atoms with Gasteiger partial charge in [0.25, 0.3) is 0 Å². The number of rotatable bonds is 3. The second-order valence-electron chi connectivity index (χ2n) is 4.28. The maximum atomic E-state index is 9.78. The predicted molar refractivity (Wildman–Crippen MR) is 50.3 cm³/mol. The summed E-state index contributed by atoms with van der Waals surface area (Å²) in [5, 5.41) is 18.8. The molecular weight excluding hydrogens is 168 g/mol. The van der Waals surface area contributed by atoms with Gasteiger partial charge in [0.15, 0.2) is 0 Å². The smallest absolute Gasteiger partial charge is 0.0864 e. The summed E-state index contributed by atoms with van der Waals surface area (Å²) in [4.78, 5) is 0. The van der Waals surface area contributed by atoms with E-state index in [1.165, 1.54) is 0 Å². The molecule has 0 saturated heterocycles. The van der Waals surface area contributed by atoms with Gasteiger partial charge in [-0.3, -0.25) is 0 Å². The number of aliphatic hydroxyl groups excluding tert-OH is 2. The first-order valence-electron chi connectivity index (χ1n) is 4.93. The Bertz CT molecular complexity index is 158. The first kappa shape index (κ1) is 11.0. The zero-order chi connectivity index (χ0) is 10.0. The first-order valence-corrected chi connectivity index (χ1v) is 4.93. The quantitative estimate of drug-likeness (QED) is 0.683. The third kappa shape index (κ3) is 2.03. The molecule has 0 amide bonds. The molecule has 0 heterocycles. The van der Waals surface area contributed by atoms with Crippen LogP contribution in [-0.2, 0) is 4.74 Å². The van der Waals surface area contributed by atoms with Gasteiger partial charge in [-0.2, -0.15) is 0 Å². The van der Waals surface area contributed by atoms with Gasteiger partial charge < -0.3 is 14.9 Å². The highest BCUT2D eigenvalue weighted by atomic mass is 16.5. The summed E-state index contributed by atoms with van der Waals surface area (Å²) in [5.74, 6) is 0.866. The fourth-order valence-corrected chi connectivity index (χ4v) is 2.29. The molecule has 3 heteroatoms. The minimum absolute atomic E-state index is 0.00245. The molecule has 1 aliphatic carbocycles. The van der Waals surface area contributed by atoms with E-state index < -0.39 is 6.10 Å². The molecule has 13 heavy (non-hydrogen) atoms. The SMILES string of the molecule is CO[C@@H]1[C@H](O)[C@@H](CO)C[C@H]1C(C)C. The zero-order valence-corrected chi connectivity index (χ0v) is 8.60. The van der Waals surface area contributed by atoms with Crippen molar-refractivity contribution in [3.63, 3.8) is 0 Å². The molecule has 0 aromatic carbocycles. The van der Waals surface area contributed by atoms with Crippen LogP contribution in [0.1, 0.15) is 20.3 Å². The van der Waals surface area contributed by atoms with Crippen LogP contribution in [0.2, 0.25) is 0 Å². The van der Waals surface area contributed by atoms with E-state index in [4.69, 9.17) is 9.84 Å². The first-order chi connectivity index (χ1) is 6.11. The highest BCUT2D eigenvalue weighted by molar-refractivity contribution is 4.92. The summed E-state index contributed by atoms with van der Waals surface area (Å²) in [6.45, 7) is 4.32. The summed E-state index contributed by atoms with van der Waals surface area (Å²) in [5.41, 5.74) is 0. The molecule has 0 spiro atoms. The maximum absolute atomic E-state index is 9.78. The van der Waals surface area contributed by atoms with E-state index in [0.717, 1.165) is 6.42 Å². The van der Waals surface area contributed by atoms with Crippen molar-refractivity contribution in [3.05, 3.63) is 0 Å². The van der Waals surface area contributed by atoms with Gasteiger partial charge in [0.05, 0.1) is 12.2 Å². The Morgan fingerprint density at radius 1 is 1.46 bits per heavy atom. The van der Waals surface area contributed by atoms with E-state index in [2.05, 4.69) is 13.8 Å². The molecule has 1 fully saturated rings. The zero-order valence-electron chi connectivity index (χ0n) is 8.60. The van der Waals surface area contributed by atoms with Crippen molar-refractivity contribution in [1.82, 2.24) is 0 Å². The van der Waals surface area contributed by atoms with Crippen LogP contribution in [0.4, 0.5) is 0 Å². The van der Waals surface area contributed by atoms with Gasteiger partial charge in [-0.25, -0.2) is 0 Å². The van der Waals surface area contributed by atoms with E-state index in [-0.39, 0.29) is 18.6 Å². The number of methoxy groups -OCH3 is 1. The topological polar surface area (TPSA) is 49.7 Å². The average Bonchev–Trinajstić information content (AvgIpc) is 2.42. The van der Waals surface area contributed by atoms with Crippen molar-refractivity contribution in [2.24, 2.45) is 17.8 Å². The highest BCUT2D eigenvalue weighted by Crippen LogP contribution is 2.37. The summed E-state index contributed by atoms with van der Waals surface area (Å²) in [7, 11) is 1.63. The minimum atomic E-state index is -0.498. The van der Waals surface area contributed by atoms with Gasteiger partial charge in [0.1, 0.15) is 0 Å². The fraction of sp³-hybridized carbons (Fsp3) is 1.00. The lowest BCUT2D eigenvalue weighted by molar-refractivity contribution is -0.0382. The third-order valence-electron chi connectivity index (χ3n) is 3.18. The molecule has 78 valence electrons. The maximum Gasteiger partial charge on any atom is 0.0864 e. The van der Waals surface area contributed by atoms with E-state index in [1.54, 1.807) is 7.11 Å². The van der Waals surface area contributed by atoms with Gasteiger partial charge in [-0.15, -0.1) is 0 Å². The molecule has 0 aromatic heterocycles. The van der Waals surface area contributed by atoms with Crippen molar-refractivity contribution in [3.8, 4) is 0 Å². The number of ether oxygens (including phenoxy) is 1. The summed E-state index contributed by atoms with van der Waals surface area (Å²) >= 11 is 0. The van der Waals surface area contributed by atoms with Crippen LogP contribution in [0, 0.1) is 17.8 Å². The van der Waals surface area contributed by atoms with E-state index >= 15 is 0 Å². The molecule has 1 saturated carbocycles. The molecule has 0 radical (unpaired) electrons. The average molecular weight is 188 g/mol. The van der Waals surface area contributed by atoms with E-state index in [0.29, 0.717) is 11.8 Å². The van der Waals surface area contributed by atoms with Gasteiger partial charge in [-0.1, -0.05) is 13.8 Å². The lowest BCUT2D eigenvalue weighted by atomic mass is 9.92. The molecule has 2 N–H and O–H groups in total. The van der Waals surface area contributed by atoms with Crippen molar-refractivity contribution >= 4 is 0 Å². The van der Waals surface area contributed by atoms with Crippen molar-refractivity contribution in [2.75, 3.05) is 13.7 Å². The predicted octanol–water partition coefficient (Wildman–Crippen LogP) is 0.647. The van der Waals surface area contributed by atoms with Crippen LogP contribution < -0.4 is 0 Å². The molecule has 0 unspecified atom stereocenters. The van der Waals surface area contributed by atoms with Crippen molar-refractivity contribution < 1.29 is 14.9 Å². The standard InChI is InChI=1S/C10H20O3/c1-6(2)8-4-7(5-11)9(12)10(8)13-3/h6-12H,4-5H2,1-3H3/t7-,8+,9-,10+/m1/s1. The Morgan fingerprint density at radius 3 is 2.38 bits per heavy atom. The van der Waals surface area contributed by atoms with Crippen molar-refractivity contribution in [1.29, 1.82) is 0 Å². The number of aliphatic hydroxyl groups is 2. The van der Waals surface area contributed by atoms with Crippen LogP contribution in [0.3, 0.4) is 0 Å². The summed E-state index contributed by atoms with van der Waals surface area (Å²) < 4.78 is 5.27. The summed E-state index contributed by atoms with van der Waals surface area (Å²) in [6, 6.07) is 0. The third-order valence-corrected chi connectivity index (χ3v) is 3.18. The molecular formula is C10H20O3. The minimum Gasteiger partial charge on any atom is -0.396 e. The molecule has 0 aromatic rings. The second kappa shape index (κ2) is 4.40. The molecule has 0 bridgehead atoms. The fourth-order valence-electron chi connectivity index (χ4n) is 2.29. The Labute approximate surface area is 79.7 Å². The van der Waals surface area contributed by atoms with Crippen LogP contribution in [0.25, 0.3) is 0 Å². The monoisotopic (exact) mass is 188 g/mol. The van der Waals surface area contributed by atoms with Crippen LogP contribution in [0.5, 0.6) is 0 Å². The van der Waals surface area contributed by atoms with E-state index in [9.17, 15) is 5.11 Å². The second-order valence-corrected chi connectivity index (χ2v) is 4.28. The van der Waals surface area contributed by atoms with E-state index in [1.807, 2.05) is 0 Å². The van der Waals surface area contributed by atoms with Gasteiger partial charge in [-0.05, 0) is 18.3 Å². The van der Waals surface area contributed by atoms with Crippen LogP contribution >= 0.6 is 0 Å². The number of hydrogen-bond donors (Lipinski definition) is 2. The Kier molecular flexibility index (Phi) is 3.71. The largest absolute Gasteiger partial charge is 0.396 e. The highest BCUT2D eigenvalue weighted by Gasteiger charge is 2.43. The molecule has 1 rings (SSSR count). The Balaban J connectivity index is 2.66. The summed E-state index contributed by atoms with van der Waals surface area (Å²) in [6.07, 6.45) is 0.271. The van der Waals surface area contributed by atoms with Gasteiger partial charge in [0.2, 0.25) is 0 Å². The van der Waals surface area contributed by atoms with Crippen molar-refractivity contribution in [2.45, 2.75) is 32.5 Å². The van der Waals surface area contributed by atoms with Crippen LogP contribution in [0.15, 0.2) is 0 Å². The van der Waals surface area contributed by atoms with Crippen LogP contribution in [-0.4, -0.2) is 36.1 Å². The van der Waals surface area contributed by atoms with Gasteiger partial charge >= 0.3 is 0 Å². The molecule has 1 aliphatic rings. The molecule has 3 nitrogen and oxygen atoms in total. The lowest BCUT2D eigenvalue weighted by Gasteiger charge is -2.23. The normalized spacial score (nSPS) is 40.2. The Morgan fingerprint density at radius 2 is 2.08 bits per heavy atom. The molecule has 4 atom stereocenters. The lowest BCUT2D eigenvalue weighted by Crippen LogP contribution is -2.32. The molecule has 0 aliphatic heterocycles. The Hall–Kier alpha value is -0.120.